The van der Waals surface area contributed by atoms with E-state index in [0.29, 0.717) is 6.04 Å². The lowest BCUT2D eigenvalue weighted by Crippen LogP contribution is -2.36. The Labute approximate surface area is 121 Å². The molecule has 3 heteroatoms. The molecule has 0 spiro atoms. The first-order valence-corrected chi connectivity index (χ1v) is 6.66. The number of nitrogens with one attached hydrogen (secondary N) is 1. The van der Waals surface area contributed by atoms with Gasteiger partial charge in [-0.1, -0.05) is 38.0 Å². The standard InChI is InChI=1S/C15H23NO.BrH/c1-12-7-3-5-9-14(12)16-11-13-8-4-6-10-15(13)17-2;/h4,6,8,10,12,14,16H,3,5,7,9,11H2,1-2H3;1H. The number of rotatable bonds is 4. The van der Waals surface area contributed by atoms with Crippen molar-refractivity contribution in [1.29, 1.82) is 0 Å². The molecule has 0 bridgehead atoms. The molecule has 102 valence electrons. The second kappa shape index (κ2) is 7.80. The van der Waals surface area contributed by atoms with E-state index in [1.165, 1.54) is 31.2 Å². The number of hydrogen-bond acceptors (Lipinski definition) is 2. The van der Waals surface area contributed by atoms with Gasteiger partial charge in [0, 0.05) is 18.2 Å². The molecule has 0 aromatic heterocycles. The summed E-state index contributed by atoms with van der Waals surface area (Å²) in [6.07, 6.45) is 5.45. The molecule has 18 heavy (non-hydrogen) atoms. The van der Waals surface area contributed by atoms with Gasteiger partial charge in [0.2, 0.25) is 0 Å². The van der Waals surface area contributed by atoms with Crippen LogP contribution in [0.3, 0.4) is 0 Å². The second-order valence-electron chi connectivity index (χ2n) is 5.06. The van der Waals surface area contributed by atoms with Gasteiger partial charge in [-0.2, -0.15) is 0 Å². The van der Waals surface area contributed by atoms with E-state index in [1.54, 1.807) is 7.11 Å². The van der Waals surface area contributed by atoms with Crippen LogP contribution in [0.1, 0.15) is 38.2 Å². The van der Waals surface area contributed by atoms with Crippen molar-refractivity contribution >= 4 is 17.0 Å². The van der Waals surface area contributed by atoms with E-state index in [1.807, 2.05) is 12.1 Å². The highest BCUT2D eigenvalue weighted by atomic mass is 79.9. The minimum Gasteiger partial charge on any atom is -0.496 e. The Morgan fingerprint density at radius 2 is 1.94 bits per heavy atom. The molecule has 0 heterocycles. The minimum absolute atomic E-state index is 0. The summed E-state index contributed by atoms with van der Waals surface area (Å²) < 4.78 is 5.37. The maximum Gasteiger partial charge on any atom is 0.123 e. The first kappa shape index (κ1) is 15.5. The van der Waals surface area contributed by atoms with E-state index in [2.05, 4.69) is 24.4 Å². The summed E-state index contributed by atoms with van der Waals surface area (Å²) in [7, 11) is 1.74. The van der Waals surface area contributed by atoms with Crippen LogP contribution >= 0.6 is 17.0 Å². The zero-order valence-electron chi connectivity index (χ0n) is 11.3. The highest BCUT2D eigenvalue weighted by Crippen LogP contribution is 2.25. The lowest BCUT2D eigenvalue weighted by atomic mass is 9.86. The van der Waals surface area contributed by atoms with Gasteiger partial charge in [0.1, 0.15) is 5.75 Å². The monoisotopic (exact) mass is 313 g/mol. The Kier molecular flexibility index (Phi) is 6.72. The third-order valence-corrected chi connectivity index (χ3v) is 3.86. The number of para-hydroxylation sites is 1. The topological polar surface area (TPSA) is 21.3 Å². The van der Waals surface area contributed by atoms with Gasteiger partial charge in [0.25, 0.3) is 0 Å². The van der Waals surface area contributed by atoms with Gasteiger partial charge in [0.15, 0.2) is 0 Å². The zero-order valence-corrected chi connectivity index (χ0v) is 13.0. The molecule has 1 aliphatic carbocycles. The largest absolute Gasteiger partial charge is 0.496 e. The third kappa shape index (κ3) is 3.99. The lowest BCUT2D eigenvalue weighted by molar-refractivity contribution is 0.278. The predicted molar refractivity (Wildman–Crippen MR) is 81.6 cm³/mol. The van der Waals surface area contributed by atoms with Crippen molar-refractivity contribution in [2.75, 3.05) is 7.11 Å². The van der Waals surface area contributed by atoms with E-state index < -0.39 is 0 Å². The van der Waals surface area contributed by atoms with Crippen molar-refractivity contribution in [1.82, 2.24) is 5.32 Å². The van der Waals surface area contributed by atoms with Crippen LogP contribution in [-0.2, 0) is 6.54 Å². The van der Waals surface area contributed by atoms with Gasteiger partial charge >= 0.3 is 0 Å². The second-order valence-corrected chi connectivity index (χ2v) is 5.06. The van der Waals surface area contributed by atoms with Crippen LogP contribution in [0, 0.1) is 5.92 Å². The number of benzene rings is 1. The van der Waals surface area contributed by atoms with Crippen LogP contribution in [-0.4, -0.2) is 13.2 Å². The number of ether oxygens (including phenoxy) is 1. The number of methoxy groups -OCH3 is 1. The molecule has 0 radical (unpaired) electrons. The van der Waals surface area contributed by atoms with Crippen LogP contribution in [0.2, 0.25) is 0 Å². The maximum atomic E-state index is 5.37. The Balaban J connectivity index is 0.00000162. The number of halogens is 1. The quantitative estimate of drug-likeness (QED) is 0.909. The fourth-order valence-corrected chi connectivity index (χ4v) is 2.71. The summed E-state index contributed by atoms with van der Waals surface area (Å²) in [6, 6.07) is 8.93. The molecule has 1 aromatic carbocycles. The summed E-state index contributed by atoms with van der Waals surface area (Å²) in [4.78, 5) is 0. The van der Waals surface area contributed by atoms with Crippen LogP contribution in [0.5, 0.6) is 5.75 Å². The van der Waals surface area contributed by atoms with Gasteiger partial charge in [-0.15, -0.1) is 17.0 Å². The van der Waals surface area contributed by atoms with Crippen LogP contribution < -0.4 is 10.1 Å². The van der Waals surface area contributed by atoms with E-state index in [4.69, 9.17) is 4.74 Å². The van der Waals surface area contributed by atoms with Crippen molar-refractivity contribution in [2.45, 2.75) is 45.2 Å². The maximum absolute atomic E-state index is 5.37. The molecule has 2 unspecified atom stereocenters. The Morgan fingerprint density at radius 1 is 1.22 bits per heavy atom. The van der Waals surface area contributed by atoms with Crippen LogP contribution in [0.4, 0.5) is 0 Å². The molecule has 1 aliphatic rings. The molecule has 0 aliphatic heterocycles. The summed E-state index contributed by atoms with van der Waals surface area (Å²) >= 11 is 0. The summed E-state index contributed by atoms with van der Waals surface area (Å²) in [5.74, 6) is 1.79. The molecule has 2 rings (SSSR count). The highest BCUT2D eigenvalue weighted by molar-refractivity contribution is 8.93. The van der Waals surface area contributed by atoms with Gasteiger partial charge < -0.3 is 10.1 Å². The molecular formula is C15H24BrNO. The van der Waals surface area contributed by atoms with Crippen molar-refractivity contribution < 1.29 is 4.74 Å². The fraction of sp³-hybridized carbons (Fsp3) is 0.600. The normalized spacial score (nSPS) is 23.2. The molecule has 2 atom stereocenters. The van der Waals surface area contributed by atoms with Crippen LogP contribution in [0.15, 0.2) is 24.3 Å². The van der Waals surface area contributed by atoms with Crippen molar-refractivity contribution in [3.8, 4) is 5.75 Å². The van der Waals surface area contributed by atoms with Gasteiger partial charge in [-0.3, -0.25) is 0 Å². The first-order valence-electron chi connectivity index (χ1n) is 6.66. The van der Waals surface area contributed by atoms with E-state index in [-0.39, 0.29) is 17.0 Å². The molecular weight excluding hydrogens is 290 g/mol. The first-order chi connectivity index (χ1) is 8.31. The minimum atomic E-state index is 0. The van der Waals surface area contributed by atoms with Crippen molar-refractivity contribution in [2.24, 2.45) is 5.92 Å². The Bertz CT molecular complexity index is 356. The summed E-state index contributed by atoms with van der Waals surface area (Å²) in [5.41, 5.74) is 1.26. The molecule has 0 amide bonds. The molecule has 1 saturated carbocycles. The van der Waals surface area contributed by atoms with Crippen molar-refractivity contribution in [3.63, 3.8) is 0 Å². The molecule has 1 N–H and O–H groups in total. The third-order valence-electron chi connectivity index (χ3n) is 3.86. The molecule has 0 saturated heterocycles. The van der Waals surface area contributed by atoms with Crippen LogP contribution in [0.25, 0.3) is 0 Å². The summed E-state index contributed by atoms with van der Waals surface area (Å²) in [6.45, 7) is 3.28. The predicted octanol–water partition coefficient (Wildman–Crippen LogP) is 3.94. The van der Waals surface area contributed by atoms with Gasteiger partial charge in [-0.25, -0.2) is 0 Å². The highest BCUT2D eigenvalue weighted by Gasteiger charge is 2.20. The smallest absolute Gasteiger partial charge is 0.123 e. The van der Waals surface area contributed by atoms with E-state index >= 15 is 0 Å². The Hall–Kier alpha value is -0.540. The fourth-order valence-electron chi connectivity index (χ4n) is 2.71. The summed E-state index contributed by atoms with van der Waals surface area (Å²) in [5, 5.41) is 3.68. The lowest BCUT2D eigenvalue weighted by Gasteiger charge is -2.29. The number of hydrogen-bond donors (Lipinski definition) is 1. The van der Waals surface area contributed by atoms with E-state index in [0.717, 1.165) is 18.2 Å². The molecule has 2 nitrogen and oxygen atoms in total. The van der Waals surface area contributed by atoms with Gasteiger partial charge in [-0.05, 0) is 24.8 Å². The average molecular weight is 314 g/mol. The average Bonchev–Trinajstić information content (AvgIpc) is 2.38. The SMILES string of the molecule is Br.COc1ccccc1CNC1CCCCC1C. The molecule has 1 fully saturated rings. The van der Waals surface area contributed by atoms with Gasteiger partial charge in [0.05, 0.1) is 7.11 Å². The molecule has 1 aromatic rings. The van der Waals surface area contributed by atoms with E-state index in [9.17, 15) is 0 Å². The van der Waals surface area contributed by atoms with Crippen molar-refractivity contribution in [3.05, 3.63) is 29.8 Å². The zero-order chi connectivity index (χ0) is 12.1. The Morgan fingerprint density at radius 3 is 2.67 bits per heavy atom.